The van der Waals surface area contributed by atoms with Gasteiger partial charge in [0.2, 0.25) is 0 Å². The Bertz CT molecular complexity index is 1190. The van der Waals surface area contributed by atoms with Crippen LogP contribution in [0.5, 0.6) is 0 Å². The van der Waals surface area contributed by atoms with E-state index in [1.165, 1.54) is 72.8 Å². The summed E-state index contributed by atoms with van der Waals surface area (Å²) in [6, 6.07) is 8.87. The van der Waals surface area contributed by atoms with Gasteiger partial charge in [-0.15, -0.1) is 0 Å². The van der Waals surface area contributed by atoms with Crippen molar-refractivity contribution < 1.29 is 0 Å². The van der Waals surface area contributed by atoms with Crippen LogP contribution >= 0.6 is 0 Å². The van der Waals surface area contributed by atoms with E-state index in [1.54, 1.807) is 5.57 Å². The number of hydrogen-bond acceptors (Lipinski definition) is 4. The maximum Gasteiger partial charge on any atom is 0.0726 e. The summed E-state index contributed by atoms with van der Waals surface area (Å²) in [5, 5.41) is 9.15. The monoisotopic (exact) mass is 514 g/mol. The lowest BCUT2D eigenvalue weighted by atomic mass is 9.53. The van der Waals surface area contributed by atoms with Crippen LogP contribution in [0, 0.1) is 11.3 Å². The highest BCUT2D eigenvalue weighted by Gasteiger charge is 2.53. The number of aryl methyl sites for hydroxylation is 1. The lowest BCUT2D eigenvalue weighted by Crippen LogP contribution is -2.63. The molecule has 0 spiro atoms. The molecular formula is C34H50N4. The molecule has 38 heavy (non-hydrogen) atoms. The quantitative estimate of drug-likeness (QED) is 0.227. The third-order valence-electron chi connectivity index (χ3n) is 9.84. The van der Waals surface area contributed by atoms with Gasteiger partial charge in [-0.05, 0) is 94.4 Å². The van der Waals surface area contributed by atoms with E-state index in [0.717, 1.165) is 44.3 Å². The molecular weight excluding hydrogens is 464 g/mol. The van der Waals surface area contributed by atoms with Crippen molar-refractivity contribution in [3.05, 3.63) is 58.8 Å². The van der Waals surface area contributed by atoms with Crippen LogP contribution in [-0.4, -0.2) is 29.7 Å². The Balaban J connectivity index is 1.08. The second-order valence-electron chi connectivity index (χ2n) is 12.9. The molecule has 0 aliphatic heterocycles. The van der Waals surface area contributed by atoms with E-state index >= 15 is 0 Å². The van der Waals surface area contributed by atoms with Gasteiger partial charge in [0, 0.05) is 40.8 Å². The first-order chi connectivity index (χ1) is 18.4. The number of nitrogens with zero attached hydrogens (tertiary/aromatic N) is 1. The number of nitrogens with two attached hydrogens (primary N) is 1. The highest BCUT2D eigenvalue weighted by Crippen LogP contribution is 2.53. The Hall–Kier alpha value is -2.17. The second-order valence-corrected chi connectivity index (χ2v) is 12.9. The second kappa shape index (κ2) is 11.5. The average molecular weight is 515 g/mol. The summed E-state index contributed by atoms with van der Waals surface area (Å²) >= 11 is 0. The van der Waals surface area contributed by atoms with Gasteiger partial charge in [0.1, 0.15) is 0 Å². The van der Waals surface area contributed by atoms with Crippen LogP contribution in [0.3, 0.4) is 0 Å². The van der Waals surface area contributed by atoms with Crippen molar-refractivity contribution in [3.8, 4) is 0 Å². The minimum absolute atomic E-state index is 0.0591. The molecule has 1 aromatic heterocycles. The number of aromatic nitrogens is 1. The van der Waals surface area contributed by atoms with Crippen LogP contribution in [0.2, 0.25) is 0 Å². The third-order valence-corrected chi connectivity index (χ3v) is 9.84. The number of benzene rings is 1. The molecule has 3 unspecified atom stereocenters. The number of hydrogen-bond donors (Lipinski definition) is 3. The Labute approximate surface area is 230 Å². The van der Waals surface area contributed by atoms with E-state index in [-0.39, 0.29) is 17.0 Å². The van der Waals surface area contributed by atoms with Crippen LogP contribution in [0.4, 0.5) is 5.69 Å². The molecule has 3 aliphatic carbocycles. The zero-order valence-corrected chi connectivity index (χ0v) is 24.3. The van der Waals surface area contributed by atoms with Crippen LogP contribution in [0.1, 0.15) is 96.7 Å². The Morgan fingerprint density at radius 3 is 2.58 bits per heavy atom. The molecule has 3 aliphatic rings. The first-order valence-corrected chi connectivity index (χ1v) is 15.3. The van der Waals surface area contributed by atoms with Gasteiger partial charge in [0.15, 0.2) is 0 Å². The molecule has 4 heteroatoms. The van der Waals surface area contributed by atoms with Crippen LogP contribution in [-0.2, 0) is 12.8 Å². The summed E-state index contributed by atoms with van der Waals surface area (Å²) in [6.45, 7) is 11.4. The fraction of sp³-hybridized carbons (Fsp3) is 0.618. The molecule has 4 nitrogen and oxygen atoms in total. The van der Waals surface area contributed by atoms with Crippen molar-refractivity contribution >= 4 is 16.6 Å². The summed E-state index contributed by atoms with van der Waals surface area (Å²) in [5.74, 6) is 0.452. The van der Waals surface area contributed by atoms with Crippen molar-refractivity contribution in [1.82, 2.24) is 10.3 Å². The lowest BCUT2D eigenvalue weighted by molar-refractivity contribution is 0.111. The zero-order chi connectivity index (χ0) is 26.8. The largest absolute Gasteiger partial charge is 0.384 e. The molecule has 1 heterocycles. The average Bonchev–Trinajstić information content (AvgIpc) is 2.90. The molecule has 1 fully saturated rings. The number of unbranched alkanes of at least 4 members (excludes halogenated alkanes) is 4. The predicted octanol–water partition coefficient (Wildman–Crippen LogP) is 7.47. The standard InChI is InChI=1S/C34H50N4/c1-5-27-28-21-24(2)22-34(27,23-31(35)33(28,3)4)37-20-14-8-6-7-13-19-36-32-25-15-9-11-17-29(25)38-30-18-12-10-16-26(30)32/h5,9,11,15,17,21,28,31,37H,6-8,10,12-14,16,18-20,22-23,35H2,1-4H3,(H,36,38)/b27-5+. The number of fused-ring (bicyclic) bond motifs is 4. The van der Waals surface area contributed by atoms with Gasteiger partial charge in [-0.2, -0.15) is 0 Å². The van der Waals surface area contributed by atoms with Crippen molar-refractivity contribution in [2.45, 2.75) is 110 Å². The van der Waals surface area contributed by atoms with Crippen molar-refractivity contribution in [2.75, 3.05) is 18.4 Å². The van der Waals surface area contributed by atoms with E-state index in [2.05, 4.69) is 74.7 Å². The van der Waals surface area contributed by atoms with Crippen molar-refractivity contribution in [2.24, 2.45) is 17.1 Å². The van der Waals surface area contributed by atoms with Crippen molar-refractivity contribution in [1.29, 1.82) is 0 Å². The van der Waals surface area contributed by atoms with Gasteiger partial charge in [-0.25, -0.2) is 0 Å². The van der Waals surface area contributed by atoms with E-state index in [0.29, 0.717) is 5.92 Å². The molecule has 3 atom stereocenters. The van der Waals surface area contributed by atoms with Gasteiger partial charge in [0.25, 0.3) is 0 Å². The first-order valence-electron chi connectivity index (χ1n) is 15.3. The number of anilines is 1. The maximum absolute atomic E-state index is 6.75. The van der Waals surface area contributed by atoms with E-state index in [1.807, 2.05) is 0 Å². The lowest BCUT2D eigenvalue weighted by Gasteiger charge is -2.56. The number of para-hydroxylation sites is 1. The number of pyridine rings is 1. The summed E-state index contributed by atoms with van der Waals surface area (Å²) in [4.78, 5) is 4.98. The highest BCUT2D eigenvalue weighted by molar-refractivity contribution is 5.93. The normalized spacial score (nSPS) is 27.3. The molecule has 206 valence electrons. The van der Waals surface area contributed by atoms with E-state index < -0.39 is 0 Å². The Morgan fingerprint density at radius 2 is 1.76 bits per heavy atom. The van der Waals surface area contributed by atoms with Gasteiger partial charge in [-0.1, -0.05) is 69.0 Å². The molecule has 1 saturated carbocycles. The fourth-order valence-corrected chi connectivity index (χ4v) is 7.57. The minimum atomic E-state index is 0.0591. The zero-order valence-electron chi connectivity index (χ0n) is 24.3. The van der Waals surface area contributed by atoms with Crippen LogP contribution < -0.4 is 16.4 Å². The summed E-state index contributed by atoms with van der Waals surface area (Å²) < 4.78 is 0. The molecule has 5 rings (SSSR count). The van der Waals surface area contributed by atoms with Crippen molar-refractivity contribution in [3.63, 3.8) is 0 Å². The van der Waals surface area contributed by atoms with E-state index in [9.17, 15) is 0 Å². The molecule has 2 bridgehead atoms. The summed E-state index contributed by atoms with van der Waals surface area (Å²) in [6.07, 6.45) is 18.2. The number of nitrogens with one attached hydrogen (secondary N) is 2. The summed E-state index contributed by atoms with van der Waals surface area (Å²) in [5.41, 5.74) is 15.3. The van der Waals surface area contributed by atoms with Gasteiger partial charge in [0.05, 0.1) is 5.52 Å². The third kappa shape index (κ3) is 5.31. The van der Waals surface area contributed by atoms with E-state index in [4.69, 9.17) is 10.7 Å². The molecule has 4 N–H and O–H groups in total. The van der Waals surface area contributed by atoms with Crippen LogP contribution in [0.25, 0.3) is 10.9 Å². The first kappa shape index (κ1) is 27.4. The minimum Gasteiger partial charge on any atom is -0.384 e. The Kier molecular flexibility index (Phi) is 8.30. The van der Waals surface area contributed by atoms with Crippen LogP contribution in [0.15, 0.2) is 47.6 Å². The van der Waals surface area contributed by atoms with Gasteiger partial charge in [-0.3, -0.25) is 4.98 Å². The molecule has 1 aromatic carbocycles. The topological polar surface area (TPSA) is 63.0 Å². The molecule has 0 saturated heterocycles. The fourth-order valence-electron chi connectivity index (χ4n) is 7.57. The smallest absolute Gasteiger partial charge is 0.0726 e. The highest BCUT2D eigenvalue weighted by atomic mass is 15.0. The van der Waals surface area contributed by atoms with Gasteiger partial charge < -0.3 is 16.4 Å². The molecule has 0 radical (unpaired) electrons. The maximum atomic E-state index is 6.75. The number of rotatable bonds is 10. The molecule has 2 aromatic rings. The predicted molar refractivity (Wildman–Crippen MR) is 163 cm³/mol. The SMILES string of the molecule is C/C=C1\C2C=C(C)CC1(NCCCCCCCNc1c3c(nc4ccccc14)CCCC3)CC(N)C2(C)C. The Morgan fingerprint density at radius 1 is 1.03 bits per heavy atom. The summed E-state index contributed by atoms with van der Waals surface area (Å²) in [7, 11) is 0. The van der Waals surface area contributed by atoms with Gasteiger partial charge >= 0.3 is 0 Å². The molecule has 0 amide bonds. The number of allylic oxidation sites excluding steroid dienone is 2.